The molecule has 2 rings (SSSR count). The molecule has 2 heterocycles. The summed E-state index contributed by atoms with van der Waals surface area (Å²) in [7, 11) is 5.92. The number of nitrogens with one attached hydrogen (secondary N) is 1. The van der Waals surface area contributed by atoms with Gasteiger partial charge in [-0.15, -0.1) is 24.0 Å². The summed E-state index contributed by atoms with van der Waals surface area (Å²) in [5.41, 5.74) is 0. The molecule has 126 valence electrons. The number of aryl methyl sites for hydroxylation is 1. The fourth-order valence-corrected chi connectivity index (χ4v) is 2.63. The van der Waals surface area contributed by atoms with Gasteiger partial charge in [0.2, 0.25) is 0 Å². The van der Waals surface area contributed by atoms with E-state index in [1.54, 1.807) is 0 Å². The molecule has 1 N–H and O–H groups in total. The number of aliphatic imine (C=N–C) groups is 1. The lowest BCUT2D eigenvalue weighted by atomic mass is 9.96. The smallest absolute Gasteiger partial charge is 0.193 e. The van der Waals surface area contributed by atoms with Gasteiger partial charge in [-0.2, -0.15) is 0 Å². The van der Waals surface area contributed by atoms with Gasteiger partial charge in [0.1, 0.15) is 5.82 Å². The summed E-state index contributed by atoms with van der Waals surface area (Å²) in [6.07, 6.45) is 7.34. The number of nitrogens with zero attached hydrogens (tertiary/aromatic N) is 4. The van der Waals surface area contributed by atoms with Crippen LogP contribution in [0.1, 0.15) is 25.1 Å². The number of rotatable bonds is 5. The highest BCUT2D eigenvalue weighted by molar-refractivity contribution is 14.0. The molecule has 0 aromatic carbocycles. The Labute approximate surface area is 150 Å². The molecule has 0 aliphatic carbocycles. The molecule has 1 aliphatic rings. The second kappa shape index (κ2) is 10.0. The minimum atomic E-state index is 0. The molecule has 0 saturated carbocycles. The molecule has 0 bridgehead atoms. The predicted molar refractivity (Wildman–Crippen MR) is 99.6 cm³/mol. The maximum absolute atomic E-state index is 5.41. The summed E-state index contributed by atoms with van der Waals surface area (Å²) in [6, 6.07) is 0. The largest absolute Gasteiger partial charge is 0.381 e. The monoisotopic (exact) mass is 421 g/mol. The maximum atomic E-state index is 5.41. The molecule has 0 unspecified atom stereocenters. The van der Waals surface area contributed by atoms with Crippen LogP contribution < -0.4 is 5.32 Å². The first-order valence-electron chi connectivity index (χ1n) is 7.66. The number of aromatic nitrogens is 2. The van der Waals surface area contributed by atoms with Crippen molar-refractivity contribution in [2.24, 2.45) is 18.0 Å². The van der Waals surface area contributed by atoms with Gasteiger partial charge in [0.25, 0.3) is 0 Å². The minimum Gasteiger partial charge on any atom is -0.381 e. The van der Waals surface area contributed by atoms with Crippen molar-refractivity contribution in [2.75, 3.05) is 33.9 Å². The Morgan fingerprint density at radius 1 is 1.50 bits per heavy atom. The second-order valence-corrected chi connectivity index (χ2v) is 5.62. The van der Waals surface area contributed by atoms with Gasteiger partial charge in [0.05, 0.1) is 6.54 Å². The van der Waals surface area contributed by atoms with Gasteiger partial charge >= 0.3 is 0 Å². The van der Waals surface area contributed by atoms with Gasteiger partial charge < -0.3 is 19.5 Å². The highest BCUT2D eigenvalue weighted by Crippen LogP contribution is 2.18. The van der Waals surface area contributed by atoms with Gasteiger partial charge in [-0.1, -0.05) is 0 Å². The average Bonchev–Trinajstić information content (AvgIpc) is 2.92. The Morgan fingerprint density at radius 3 is 2.82 bits per heavy atom. The molecule has 22 heavy (non-hydrogen) atoms. The maximum Gasteiger partial charge on any atom is 0.193 e. The first kappa shape index (κ1) is 19.2. The molecule has 0 radical (unpaired) electrons. The first-order valence-corrected chi connectivity index (χ1v) is 7.66. The zero-order valence-electron chi connectivity index (χ0n) is 13.8. The Morgan fingerprint density at radius 2 is 2.23 bits per heavy atom. The van der Waals surface area contributed by atoms with Crippen LogP contribution in [0.15, 0.2) is 17.4 Å². The van der Waals surface area contributed by atoms with Crippen LogP contribution in [0.5, 0.6) is 0 Å². The number of halogens is 1. The standard InChI is InChI=1S/C15H27N5O.HI/c1-16-15(18-12-14-17-7-9-19(14)2)20(3)8-4-13-5-10-21-11-6-13;/h7,9,13H,4-6,8,10-12H2,1-3H3,(H,16,18);1H. The van der Waals surface area contributed by atoms with Crippen LogP contribution in [0, 0.1) is 5.92 Å². The molecule has 1 aromatic rings. The Balaban J connectivity index is 0.00000242. The van der Waals surface area contributed by atoms with E-state index in [1.165, 1.54) is 19.3 Å². The average molecular weight is 421 g/mol. The molecule has 1 aliphatic heterocycles. The van der Waals surface area contributed by atoms with Crippen molar-refractivity contribution in [3.63, 3.8) is 0 Å². The van der Waals surface area contributed by atoms with E-state index in [-0.39, 0.29) is 24.0 Å². The highest BCUT2D eigenvalue weighted by Gasteiger charge is 2.15. The van der Waals surface area contributed by atoms with E-state index in [0.29, 0.717) is 6.54 Å². The third-order valence-electron chi connectivity index (χ3n) is 4.11. The molecule has 1 saturated heterocycles. The zero-order chi connectivity index (χ0) is 15.1. The zero-order valence-corrected chi connectivity index (χ0v) is 16.1. The molecule has 0 amide bonds. The van der Waals surface area contributed by atoms with E-state index >= 15 is 0 Å². The predicted octanol–water partition coefficient (Wildman–Crippen LogP) is 1.86. The van der Waals surface area contributed by atoms with Crippen LogP contribution in [-0.2, 0) is 18.3 Å². The topological polar surface area (TPSA) is 54.7 Å². The van der Waals surface area contributed by atoms with E-state index in [0.717, 1.165) is 37.5 Å². The van der Waals surface area contributed by atoms with Crippen molar-refractivity contribution in [1.29, 1.82) is 0 Å². The molecule has 7 heteroatoms. The van der Waals surface area contributed by atoms with E-state index in [4.69, 9.17) is 4.74 Å². The van der Waals surface area contributed by atoms with Crippen molar-refractivity contribution < 1.29 is 4.74 Å². The molecule has 1 aromatic heterocycles. The third kappa shape index (κ3) is 5.75. The van der Waals surface area contributed by atoms with E-state index in [2.05, 4.69) is 27.2 Å². The fraction of sp³-hybridized carbons (Fsp3) is 0.733. The number of hydrogen-bond acceptors (Lipinski definition) is 3. The second-order valence-electron chi connectivity index (χ2n) is 5.62. The van der Waals surface area contributed by atoms with Gasteiger partial charge in [0.15, 0.2) is 5.96 Å². The summed E-state index contributed by atoms with van der Waals surface area (Å²) >= 11 is 0. The lowest BCUT2D eigenvalue weighted by Gasteiger charge is -2.26. The SMILES string of the molecule is CN=C(NCc1nccn1C)N(C)CCC1CCOCC1.I. The van der Waals surface area contributed by atoms with Crippen LogP contribution in [0.25, 0.3) is 0 Å². The Bertz CT molecular complexity index is 457. The van der Waals surface area contributed by atoms with Crippen molar-refractivity contribution in [3.05, 3.63) is 18.2 Å². The Kier molecular flexibility index (Phi) is 8.77. The Hall–Kier alpha value is -0.830. The van der Waals surface area contributed by atoms with Crippen molar-refractivity contribution in [3.8, 4) is 0 Å². The lowest BCUT2D eigenvalue weighted by molar-refractivity contribution is 0.0625. The normalized spacial score (nSPS) is 16.2. The lowest BCUT2D eigenvalue weighted by Crippen LogP contribution is -2.40. The van der Waals surface area contributed by atoms with Crippen molar-refractivity contribution in [2.45, 2.75) is 25.8 Å². The number of hydrogen-bond donors (Lipinski definition) is 1. The summed E-state index contributed by atoms with van der Waals surface area (Å²) < 4.78 is 7.42. The number of ether oxygens (including phenoxy) is 1. The van der Waals surface area contributed by atoms with Crippen LogP contribution in [-0.4, -0.2) is 54.3 Å². The summed E-state index contributed by atoms with van der Waals surface area (Å²) in [4.78, 5) is 10.9. The quantitative estimate of drug-likeness (QED) is 0.448. The van der Waals surface area contributed by atoms with Gasteiger partial charge in [-0.25, -0.2) is 4.98 Å². The highest BCUT2D eigenvalue weighted by atomic mass is 127. The fourth-order valence-electron chi connectivity index (χ4n) is 2.63. The number of guanidine groups is 1. The summed E-state index contributed by atoms with van der Waals surface area (Å²) in [5, 5.41) is 3.37. The van der Waals surface area contributed by atoms with Crippen LogP contribution in [0.4, 0.5) is 0 Å². The molecule has 1 fully saturated rings. The summed E-state index contributed by atoms with van der Waals surface area (Å²) in [5.74, 6) is 2.72. The molecular weight excluding hydrogens is 393 g/mol. The van der Waals surface area contributed by atoms with E-state index in [1.807, 2.05) is 31.1 Å². The van der Waals surface area contributed by atoms with Crippen LogP contribution >= 0.6 is 24.0 Å². The van der Waals surface area contributed by atoms with Gasteiger partial charge in [-0.05, 0) is 25.2 Å². The van der Waals surface area contributed by atoms with Crippen LogP contribution in [0.3, 0.4) is 0 Å². The molecule has 6 nitrogen and oxygen atoms in total. The van der Waals surface area contributed by atoms with Gasteiger partial charge in [-0.3, -0.25) is 4.99 Å². The minimum absolute atomic E-state index is 0. The van der Waals surface area contributed by atoms with Gasteiger partial charge in [0, 0.05) is 53.3 Å². The van der Waals surface area contributed by atoms with Crippen molar-refractivity contribution >= 4 is 29.9 Å². The molecule has 0 spiro atoms. The third-order valence-corrected chi connectivity index (χ3v) is 4.11. The summed E-state index contributed by atoms with van der Waals surface area (Å²) in [6.45, 7) is 3.55. The first-order chi connectivity index (χ1) is 10.2. The molecule has 0 atom stereocenters. The van der Waals surface area contributed by atoms with Crippen LogP contribution in [0.2, 0.25) is 0 Å². The number of imidazole rings is 1. The van der Waals surface area contributed by atoms with Crippen molar-refractivity contribution in [1.82, 2.24) is 19.8 Å². The van der Waals surface area contributed by atoms with E-state index in [9.17, 15) is 0 Å². The molecular formula is C15H28IN5O. The van der Waals surface area contributed by atoms with E-state index < -0.39 is 0 Å².